The molecule has 1 fully saturated rings. The van der Waals surface area contributed by atoms with Crippen molar-refractivity contribution < 1.29 is 9.15 Å². The molecule has 0 spiro atoms. The molecule has 2 heterocycles. The number of ether oxygens (including phenoxy) is 1. The predicted octanol–water partition coefficient (Wildman–Crippen LogP) is 5.02. The standard InChI is InChI=1S/C19H22ClN3O2/c1-24-16-9-5-8-14-15(19-22-21-17(10-20)25-19)12-23(18(14)16)11-13-6-3-2-4-7-13/h5,8-9,12-13H,2-4,6-7,10-11H2,1H3. The van der Waals surface area contributed by atoms with Crippen LogP contribution >= 0.6 is 11.6 Å². The molecule has 1 aliphatic carbocycles. The van der Waals surface area contributed by atoms with Gasteiger partial charge in [0.25, 0.3) is 0 Å². The molecule has 0 aliphatic heterocycles. The van der Waals surface area contributed by atoms with E-state index in [2.05, 4.69) is 27.0 Å². The van der Waals surface area contributed by atoms with E-state index in [1.807, 2.05) is 12.1 Å². The maximum Gasteiger partial charge on any atom is 0.249 e. The Labute approximate surface area is 151 Å². The number of nitrogens with zero attached hydrogens (tertiary/aromatic N) is 3. The van der Waals surface area contributed by atoms with Gasteiger partial charge in [-0.25, -0.2) is 0 Å². The van der Waals surface area contributed by atoms with Gasteiger partial charge >= 0.3 is 0 Å². The van der Waals surface area contributed by atoms with Crippen LogP contribution in [0.15, 0.2) is 28.8 Å². The Morgan fingerprint density at radius 3 is 2.80 bits per heavy atom. The minimum absolute atomic E-state index is 0.219. The number of benzene rings is 1. The van der Waals surface area contributed by atoms with Gasteiger partial charge in [0.2, 0.25) is 11.8 Å². The molecule has 5 nitrogen and oxygen atoms in total. The lowest BCUT2D eigenvalue weighted by Crippen LogP contribution is -2.13. The number of alkyl halides is 1. The number of halogens is 1. The van der Waals surface area contributed by atoms with Gasteiger partial charge in [0.15, 0.2) is 0 Å². The van der Waals surface area contributed by atoms with Crippen molar-refractivity contribution in [3.63, 3.8) is 0 Å². The van der Waals surface area contributed by atoms with E-state index in [1.165, 1.54) is 32.1 Å². The summed E-state index contributed by atoms with van der Waals surface area (Å²) in [6.45, 7) is 0.993. The van der Waals surface area contributed by atoms with Crippen LogP contribution in [0.1, 0.15) is 38.0 Å². The molecule has 6 heteroatoms. The van der Waals surface area contributed by atoms with Crippen LogP contribution in [0.4, 0.5) is 0 Å². The van der Waals surface area contributed by atoms with Crippen LogP contribution in [0.2, 0.25) is 0 Å². The number of rotatable bonds is 5. The van der Waals surface area contributed by atoms with Crippen molar-refractivity contribution in [2.45, 2.75) is 44.5 Å². The first-order chi connectivity index (χ1) is 12.3. The van der Waals surface area contributed by atoms with Crippen molar-refractivity contribution in [3.05, 3.63) is 30.3 Å². The van der Waals surface area contributed by atoms with Crippen molar-refractivity contribution >= 4 is 22.5 Å². The number of hydrogen-bond acceptors (Lipinski definition) is 4. The zero-order valence-corrected chi connectivity index (χ0v) is 15.1. The molecule has 4 rings (SSSR count). The third-order valence-corrected chi connectivity index (χ3v) is 5.30. The minimum Gasteiger partial charge on any atom is -0.495 e. The quantitative estimate of drug-likeness (QED) is 0.600. The van der Waals surface area contributed by atoms with Crippen LogP contribution in [0, 0.1) is 5.92 Å². The second kappa shape index (κ2) is 7.08. The van der Waals surface area contributed by atoms with E-state index < -0.39 is 0 Å². The molecule has 0 bridgehead atoms. The summed E-state index contributed by atoms with van der Waals surface area (Å²) in [6, 6.07) is 6.07. The molecule has 0 radical (unpaired) electrons. The lowest BCUT2D eigenvalue weighted by Gasteiger charge is -2.22. The molecule has 132 valence electrons. The molecular formula is C19H22ClN3O2. The lowest BCUT2D eigenvalue weighted by atomic mass is 9.89. The van der Waals surface area contributed by atoms with Crippen LogP contribution < -0.4 is 4.74 Å². The Morgan fingerprint density at radius 2 is 2.08 bits per heavy atom. The molecule has 1 aromatic carbocycles. The molecule has 25 heavy (non-hydrogen) atoms. The van der Waals surface area contributed by atoms with Crippen LogP contribution in [0.5, 0.6) is 5.75 Å². The van der Waals surface area contributed by atoms with Crippen molar-refractivity contribution in [2.24, 2.45) is 5.92 Å². The molecule has 0 atom stereocenters. The number of hydrogen-bond donors (Lipinski definition) is 0. The molecule has 2 aromatic heterocycles. The maximum atomic E-state index is 5.81. The summed E-state index contributed by atoms with van der Waals surface area (Å²) in [4.78, 5) is 0. The molecule has 0 amide bonds. The number of fused-ring (bicyclic) bond motifs is 1. The Kier molecular flexibility index (Phi) is 4.66. The smallest absolute Gasteiger partial charge is 0.249 e. The highest BCUT2D eigenvalue weighted by Crippen LogP contribution is 2.37. The average molecular weight is 360 g/mol. The predicted molar refractivity (Wildman–Crippen MR) is 97.9 cm³/mol. The number of para-hydroxylation sites is 1. The van der Waals surface area contributed by atoms with Gasteiger partial charge in [-0.1, -0.05) is 31.4 Å². The summed E-state index contributed by atoms with van der Waals surface area (Å²) in [6.07, 6.45) is 8.73. The molecule has 0 unspecified atom stereocenters. The molecule has 0 saturated heterocycles. The van der Waals surface area contributed by atoms with Gasteiger partial charge in [-0.3, -0.25) is 0 Å². The summed E-state index contributed by atoms with van der Waals surface area (Å²) in [5.74, 6) is 2.75. The Morgan fingerprint density at radius 1 is 1.24 bits per heavy atom. The highest BCUT2D eigenvalue weighted by atomic mass is 35.5. The molecule has 1 aliphatic rings. The zero-order chi connectivity index (χ0) is 17.2. The summed E-state index contributed by atoms with van der Waals surface area (Å²) in [7, 11) is 1.71. The fraction of sp³-hybridized carbons (Fsp3) is 0.474. The normalized spacial score (nSPS) is 15.8. The Bertz CT molecular complexity index is 865. The van der Waals surface area contributed by atoms with E-state index in [-0.39, 0.29) is 5.88 Å². The van der Waals surface area contributed by atoms with E-state index in [9.17, 15) is 0 Å². The summed E-state index contributed by atoms with van der Waals surface area (Å²) < 4.78 is 13.6. The van der Waals surface area contributed by atoms with Crippen molar-refractivity contribution in [2.75, 3.05) is 7.11 Å². The Hall–Kier alpha value is -2.01. The van der Waals surface area contributed by atoms with Gasteiger partial charge in [-0.05, 0) is 24.8 Å². The highest BCUT2D eigenvalue weighted by molar-refractivity contribution is 6.16. The zero-order valence-electron chi connectivity index (χ0n) is 14.4. The van der Waals surface area contributed by atoms with Gasteiger partial charge in [0.1, 0.15) is 11.6 Å². The van der Waals surface area contributed by atoms with E-state index in [0.29, 0.717) is 17.7 Å². The summed E-state index contributed by atoms with van der Waals surface area (Å²) in [5, 5.41) is 9.23. The second-order valence-electron chi connectivity index (χ2n) is 6.69. The van der Waals surface area contributed by atoms with E-state index in [4.69, 9.17) is 20.8 Å². The SMILES string of the molecule is COc1cccc2c(-c3nnc(CCl)o3)cn(CC3CCCCC3)c12. The van der Waals surface area contributed by atoms with E-state index >= 15 is 0 Å². The Balaban J connectivity index is 1.80. The van der Waals surface area contributed by atoms with Crippen molar-refractivity contribution in [3.8, 4) is 17.2 Å². The fourth-order valence-electron chi connectivity index (χ4n) is 3.87. The van der Waals surface area contributed by atoms with Crippen LogP contribution in [0.3, 0.4) is 0 Å². The molecular weight excluding hydrogens is 338 g/mol. The fourth-order valence-corrected chi connectivity index (χ4v) is 3.98. The topological polar surface area (TPSA) is 53.1 Å². The summed E-state index contributed by atoms with van der Waals surface area (Å²) in [5.41, 5.74) is 2.03. The molecule has 1 saturated carbocycles. The second-order valence-corrected chi connectivity index (χ2v) is 6.96. The first-order valence-electron chi connectivity index (χ1n) is 8.84. The van der Waals surface area contributed by atoms with E-state index in [1.54, 1.807) is 7.11 Å². The molecule has 3 aromatic rings. The average Bonchev–Trinajstić information content (AvgIpc) is 3.27. The lowest BCUT2D eigenvalue weighted by molar-refractivity contribution is 0.321. The van der Waals surface area contributed by atoms with Gasteiger partial charge in [0, 0.05) is 18.1 Å². The van der Waals surface area contributed by atoms with E-state index in [0.717, 1.165) is 28.8 Å². The first kappa shape index (κ1) is 16.5. The van der Waals surface area contributed by atoms with Gasteiger partial charge in [-0.2, -0.15) is 0 Å². The van der Waals surface area contributed by atoms with Crippen LogP contribution in [0.25, 0.3) is 22.4 Å². The first-order valence-corrected chi connectivity index (χ1v) is 9.38. The largest absolute Gasteiger partial charge is 0.495 e. The molecule has 0 N–H and O–H groups in total. The number of methoxy groups -OCH3 is 1. The van der Waals surface area contributed by atoms with Crippen molar-refractivity contribution in [1.82, 2.24) is 14.8 Å². The number of aromatic nitrogens is 3. The monoisotopic (exact) mass is 359 g/mol. The summed E-state index contributed by atoms with van der Waals surface area (Å²) >= 11 is 5.81. The third kappa shape index (κ3) is 3.13. The minimum atomic E-state index is 0.219. The van der Waals surface area contributed by atoms with Crippen molar-refractivity contribution in [1.29, 1.82) is 0 Å². The highest BCUT2D eigenvalue weighted by Gasteiger charge is 2.21. The van der Waals surface area contributed by atoms with Gasteiger partial charge in [-0.15, -0.1) is 21.8 Å². The van der Waals surface area contributed by atoms with Gasteiger partial charge < -0.3 is 13.7 Å². The van der Waals surface area contributed by atoms with Gasteiger partial charge in [0.05, 0.1) is 18.2 Å². The van der Waals surface area contributed by atoms with Crippen LogP contribution in [-0.2, 0) is 12.4 Å². The third-order valence-electron chi connectivity index (χ3n) is 5.07. The van der Waals surface area contributed by atoms with Crippen LogP contribution in [-0.4, -0.2) is 21.9 Å². The maximum absolute atomic E-state index is 5.81.